The van der Waals surface area contributed by atoms with E-state index in [0.29, 0.717) is 10.7 Å². The number of carbonyl (C=O) groups excluding carboxylic acids is 3. The molecule has 2 aliphatic rings. The van der Waals surface area contributed by atoms with E-state index in [0.717, 1.165) is 31.2 Å². The topological polar surface area (TPSA) is 93.5 Å². The van der Waals surface area contributed by atoms with E-state index < -0.39 is 17.4 Å². The highest BCUT2D eigenvalue weighted by Crippen LogP contribution is 2.35. The molecule has 33 heavy (non-hydrogen) atoms. The van der Waals surface area contributed by atoms with Crippen molar-refractivity contribution >= 4 is 35.1 Å². The van der Waals surface area contributed by atoms with Gasteiger partial charge in [0.05, 0.1) is 13.2 Å². The molecular formula is C24H29ClN4O4. The smallest absolute Gasteiger partial charge is 0.358 e. The Bertz CT molecular complexity index is 1090. The van der Waals surface area contributed by atoms with Crippen molar-refractivity contribution in [3.8, 4) is 0 Å². The van der Waals surface area contributed by atoms with Gasteiger partial charge >= 0.3 is 5.97 Å². The summed E-state index contributed by atoms with van der Waals surface area (Å²) in [5.41, 5.74) is 0.379. The van der Waals surface area contributed by atoms with Gasteiger partial charge in [-0.15, -0.1) is 0 Å². The van der Waals surface area contributed by atoms with Gasteiger partial charge in [-0.05, 0) is 51.3 Å². The van der Waals surface area contributed by atoms with Gasteiger partial charge in [0.2, 0.25) is 5.91 Å². The Balaban J connectivity index is 1.76. The fourth-order valence-corrected chi connectivity index (χ4v) is 4.77. The second kappa shape index (κ2) is 9.17. The maximum absolute atomic E-state index is 13.7. The molecule has 1 N–H and O–H groups in total. The van der Waals surface area contributed by atoms with Crippen molar-refractivity contribution in [3.05, 3.63) is 46.2 Å². The van der Waals surface area contributed by atoms with E-state index in [1.165, 1.54) is 22.1 Å². The highest BCUT2D eigenvalue weighted by atomic mass is 35.5. The molecule has 1 aromatic heterocycles. The molecule has 1 fully saturated rings. The van der Waals surface area contributed by atoms with Crippen LogP contribution < -0.4 is 10.2 Å². The molecule has 1 atom stereocenters. The molecule has 0 saturated heterocycles. The summed E-state index contributed by atoms with van der Waals surface area (Å²) in [6.07, 6.45) is 5.16. The lowest BCUT2D eigenvalue weighted by molar-refractivity contribution is -0.127. The lowest BCUT2D eigenvalue weighted by Crippen LogP contribution is -2.65. The maximum atomic E-state index is 13.7. The maximum Gasteiger partial charge on any atom is 0.358 e. The van der Waals surface area contributed by atoms with Crippen molar-refractivity contribution in [1.82, 2.24) is 15.1 Å². The first-order chi connectivity index (χ1) is 15.7. The Morgan fingerprint density at radius 3 is 2.64 bits per heavy atom. The van der Waals surface area contributed by atoms with Crippen molar-refractivity contribution in [3.63, 3.8) is 0 Å². The number of anilines is 1. The summed E-state index contributed by atoms with van der Waals surface area (Å²) < 4.78 is 6.48. The minimum absolute atomic E-state index is 0.0408. The third kappa shape index (κ3) is 4.36. The molecule has 176 valence electrons. The van der Waals surface area contributed by atoms with Crippen LogP contribution in [0.4, 0.5) is 5.69 Å². The van der Waals surface area contributed by atoms with Gasteiger partial charge in [0, 0.05) is 22.8 Å². The molecule has 9 heteroatoms. The van der Waals surface area contributed by atoms with E-state index in [1.807, 2.05) is 13.0 Å². The number of esters is 1. The molecule has 1 aliphatic heterocycles. The van der Waals surface area contributed by atoms with Gasteiger partial charge in [0.25, 0.3) is 5.91 Å². The van der Waals surface area contributed by atoms with Gasteiger partial charge in [-0.1, -0.05) is 36.9 Å². The predicted molar refractivity (Wildman–Crippen MR) is 125 cm³/mol. The predicted octanol–water partition coefficient (Wildman–Crippen LogP) is 3.89. The number of hydrogen-bond donors (Lipinski definition) is 1. The van der Waals surface area contributed by atoms with Crippen molar-refractivity contribution in [2.45, 2.75) is 71.0 Å². The van der Waals surface area contributed by atoms with Crippen molar-refractivity contribution in [2.24, 2.45) is 0 Å². The molecule has 1 saturated carbocycles. The third-order valence-corrected chi connectivity index (χ3v) is 6.89. The number of rotatable bonds is 5. The molecule has 0 bridgehead atoms. The summed E-state index contributed by atoms with van der Waals surface area (Å²) in [4.78, 5) is 41.1. The summed E-state index contributed by atoms with van der Waals surface area (Å²) >= 11 is 6.37. The normalized spacial score (nSPS) is 21.0. The Kier molecular flexibility index (Phi) is 6.47. The summed E-state index contributed by atoms with van der Waals surface area (Å²) in [5, 5.41) is 7.95. The number of halogens is 1. The molecule has 2 aromatic rings. The van der Waals surface area contributed by atoms with Crippen molar-refractivity contribution < 1.29 is 19.1 Å². The average molecular weight is 473 g/mol. The number of benzene rings is 1. The van der Waals surface area contributed by atoms with Crippen LogP contribution in [0.3, 0.4) is 0 Å². The molecule has 8 nitrogen and oxygen atoms in total. The standard InChI is InChI=1S/C24H29ClN4O4/c1-4-33-22(31)19-13-20-21(30)29(17-11-10-15(2)18(25)12-17)24(3,14-28(20)27-19)23(32)26-16-8-6-5-7-9-16/h10-13,16H,4-9,14H2,1-3H3,(H,26,32)/t24-/m0/s1. The Hall–Kier alpha value is -2.87. The molecular weight excluding hydrogens is 444 g/mol. The number of hydrogen-bond acceptors (Lipinski definition) is 5. The van der Waals surface area contributed by atoms with Gasteiger partial charge < -0.3 is 10.1 Å². The second-order valence-corrected chi connectivity index (χ2v) is 9.36. The zero-order chi connectivity index (χ0) is 23.8. The number of carbonyl (C=O) groups is 3. The first-order valence-corrected chi connectivity index (χ1v) is 11.8. The third-order valence-electron chi connectivity index (χ3n) is 6.48. The van der Waals surface area contributed by atoms with Gasteiger partial charge in [-0.25, -0.2) is 4.79 Å². The Morgan fingerprint density at radius 2 is 1.97 bits per heavy atom. The summed E-state index contributed by atoms with van der Waals surface area (Å²) in [7, 11) is 0. The first-order valence-electron chi connectivity index (χ1n) is 11.4. The molecule has 2 heterocycles. The van der Waals surface area contributed by atoms with Crippen LogP contribution in [0.15, 0.2) is 24.3 Å². The summed E-state index contributed by atoms with van der Waals surface area (Å²) in [6, 6.07) is 6.79. The number of aryl methyl sites for hydroxylation is 1. The Morgan fingerprint density at radius 1 is 1.24 bits per heavy atom. The zero-order valence-corrected chi connectivity index (χ0v) is 19.9. The molecule has 1 aromatic carbocycles. The van der Waals surface area contributed by atoms with Crippen LogP contribution in [-0.4, -0.2) is 45.8 Å². The largest absolute Gasteiger partial charge is 0.461 e. The van der Waals surface area contributed by atoms with Crippen LogP contribution in [-0.2, 0) is 16.1 Å². The minimum atomic E-state index is -1.27. The number of nitrogens with zero attached hydrogens (tertiary/aromatic N) is 3. The lowest BCUT2D eigenvalue weighted by atomic mass is 9.91. The fourth-order valence-electron chi connectivity index (χ4n) is 4.60. The zero-order valence-electron chi connectivity index (χ0n) is 19.2. The molecule has 0 radical (unpaired) electrons. The molecule has 0 spiro atoms. The van der Waals surface area contributed by atoms with Crippen molar-refractivity contribution in [1.29, 1.82) is 0 Å². The molecule has 1 aliphatic carbocycles. The number of nitrogens with one attached hydrogen (secondary N) is 1. The summed E-state index contributed by atoms with van der Waals surface area (Å²) in [5.74, 6) is -1.28. The number of aromatic nitrogens is 2. The van der Waals surface area contributed by atoms with E-state index in [9.17, 15) is 14.4 Å². The van der Waals surface area contributed by atoms with Gasteiger partial charge in [0.1, 0.15) is 11.2 Å². The summed E-state index contributed by atoms with van der Waals surface area (Å²) in [6.45, 7) is 5.60. The highest BCUT2D eigenvalue weighted by molar-refractivity contribution is 6.31. The van der Waals surface area contributed by atoms with Crippen LogP contribution in [0, 0.1) is 6.92 Å². The highest BCUT2D eigenvalue weighted by Gasteiger charge is 2.49. The van der Waals surface area contributed by atoms with E-state index in [2.05, 4.69) is 10.4 Å². The number of fused-ring (bicyclic) bond motifs is 1. The lowest BCUT2D eigenvalue weighted by Gasteiger charge is -2.44. The average Bonchev–Trinajstić information content (AvgIpc) is 3.21. The first kappa shape index (κ1) is 23.3. The van der Waals surface area contributed by atoms with Gasteiger partial charge in [0.15, 0.2) is 5.69 Å². The van der Waals surface area contributed by atoms with Crippen LogP contribution >= 0.6 is 11.6 Å². The molecule has 0 unspecified atom stereocenters. The van der Waals surface area contributed by atoms with Crippen LogP contribution in [0.2, 0.25) is 5.02 Å². The van der Waals surface area contributed by atoms with Crippen molar-refractivity contribution in [2.75, 3.05) is 11.5 Å². The van der Waals surface area contributed by atoms with Crippen LogP contribution in [0.1, 0.15) is 72.5 Å². The van der Waals surface area contributed by atoms with Gasteiger partial charge in [-0.3, -0.25) is 19.2 Å². The Labute approximate surface area is 198 Å². The minimum Gasteiger partial charge on any atom is -0.461 e. The van der Waals surface area contributed by atoms with Crippen LogP contribution in [0.25, 0.3) is 0 Å². The second-order valence-electron chi connectivity index (χ2n) is 8.95. The molecule has 4 rings (SSSR count). The van der Waals surface area contributed by atoms with E-state index >= 15 is 0 Å². The number of ether oxygens (including phenoxy) is 1. The fraction of sp³-hybridized carbons (Fsp3) is 0.500. The molecule has 2 amide bonds. The van der Waals surface area contributed by atoms with E-state index in [1.54, 1.807) is 26.0 Å². The number of amides is 2. The monoisotopic (exact) mass is 472 g/mol. The van der Waals surface area contributed by atoms with Gasteiger partial charge in [-0.2, -0.15) is 5.10 Å². The van der Waals surface area contributed by atoms with Crippen LogP contribution in [0.5, 0.6) is 0 Å². The SMILES string of the molecule is CCOC(=O)c1cc2n(n1)C[C@@](C)(C(=O)NC1CCCCC1)N(c1ccc(C)c(Cl)c1)C2=O. The quantitative estimate of drug-likeness (QED) is 0.666. The van der Waals surface area contributed by atoms with E-state index in [-0.39, 0.29) is 36.5 Å². The van der Waals surface area contributed by atoms with E-state index in [4.69, 9.17) is 16.3 Å².